The fraction of sp³-hybridized carbons (Fsp3) is 0.424. The number of hydrogen-bond acceptors (Lipinski definition) is 4. The van der Waals surface area contributed by atoms with Gasteiger partial charge in [0.25, 0.3) is 0 Å². The maximum Gasteiger partial charge on any atom is 0.358 e. The molecule has 1 unspecified atom stereocenters. The van der Waals surface area contributed by atoms with Gasteiger partial charge < -0.3 is 4.74 Å². The molecule has 6 heteroatoms. The maximum atomic E-state index is 12.3. The van der Waals surface area contributed by atoms with Crippen LogP contribution in [-0.4, -0.2) is 31.8 Å². The molecule has 0 saturated carbocycles. The highest BCUT2D eigenvalue weighted by Gasteiger charge is 2.23. The first kappa shape index (κ1) is 29.9. The molecule has 0 fully saturated rings. The average Bonchev–Trinajstić information content (AvgIpc) is 3.62. The fourth-order valence-electron chi connectivity index (χ4n) is 5.08. The van der Waals surface area contributed by atoms with Gasteiger partial charge >= 0.3 is 5.97 Å². The molecule has 6 nitrogen and oxygen atoms in total. The predicted molar refractivity (Wildman–Crippen MR) is 163 cm³/mol. The van der Waals surface area contributed by atoms with Crippen LogP contribution in [0.25, 0.3) is 33.5 Å². The molecule has 2 aromatic carbocycles. The quantitative estimate of drug-likeness (QED) is 0.206. The van der Waals surface area contributed by atoms with Gasteiger partial charge in [-0.25, -0.2) is 14.8 Å². The van der Waals surface area contributed by atoms with Crippen molar-refractivity contribution in [2.45, 2.75) is 87.0 Å². The number of carbonyl (C=O) groups excluding carboxylic acids is 1. The van der Waals surface area contributed by atoms with E-state index in [1.54, 1.807) is 12.4 Å². The second-order valence-corrected chi connectivity index (χ2v) is 9.76. The summed E-state index contributed by atoms with van der Waals surface area (Å²) < 4.78 is 8.96. The Balaban J connectivity index is 0.000000542. The van der Waals surface area contributed by atoms with E-state index >= 15 is 0 Å². The Hall–Kier alpha value is -3.67. The minimum atomic E-state index is -0.456. The summed E-state index contributed by atoms with van der Waals surface area (Å²) in [5, 5.41) is 1.04. The fourth-order valence-corrected chi connectivity index (χ4v) is 5.08. The Morgan fingerprint density at radius 1 is 1.00 bits per heavy atom. The van der Waals surface area contributed by atoms with Gasteiger partial charge in [-0.15, -0.1) is 0 Å². The van der Waals surface area contributed by atoms with E-state index in [9.17, 15) is 4.79 Å². The van der Waals surface area contributed by atoms with Crippen LogP contribution in [0.5, 0.6) is 0 Å². The van der Waals surface area contributed by atoms with Crippen molar-refractivity contribution < 1.29 is 9.53 Å². The third-order valence-corrected chi connectivity index (χ3v) is 7.21. The molecule has 1 atom stereocenters. The highest BCUT2D eigenvalue weighted by Crippen LogP contribution is 2.39. The number of benzene rings is 2. The van der Waals surface area contributed by atoms with Crippen LogP contribution < -0.4 is 0 Å². The van der Waals surface area contributed by atoms with Gasteiger partial charge in [-0.05, 0) is 48.4 Å². The van der Waals surface area contributed by atoms with E-state index < -0.39 is 5.97 Å². The van der Waals surface area contributed by atoms with E-state index in [1.807, 2.05) is 24.4 Å². The summed E-state index contributed by atoms with van der Waals surface area (Å²) in [6.07, 6.45) is 10.6. The van der Waals surface area contributed by atoms with Crippen LogP contribution in [0.1, 0.15) is 100 Å². The third-order valence-electron chi connectivity index (χ3n) is 7.21. The highest BCUT2D eigenvalue weighted by atomic mass is 16.5. The summed E-state index contributed by atoms with van der Waals surface area (Å²) in [5.74, 6) is 0.582. The first-order valence-corrected chi connectivity index (χ1v) is 14.3. The number of unbranched alkanes of at least 4 members (excludes halogenated alkanes) is 2. The van der Waals surface area contributed by atoms with Gasteiger partial charge in [-0.2, -0.15) is 0 Å². The first-order chi connectivity index (χ1) is 18.9. The van der Waals surface area contributed by atoms with Crippen LogP contribution in [0.15, 0.2) is 48.9 Å². The molecule has 3 aromatic heterocycles. The van der Waals surface area contributed by atoms with Gasteiger partial charge in [0, 0.05) is 29.5 Å². The zero-order valence-electron chi connectivity index (χ0n) is 25.1. The molecule has 0 bridgehead atoms. The average molecular weight is 529 g/mol. The van der Waals surface area contributed by atoms with Crippen molar-refractivity contribution in [3.05, 3.63) is 71.3 Å². The van der Waals surface area contributed by atoms with Crippen molar-refractivity contribution in [3.8, 4) is 11.1 Å². The summed E-state index contributed by atoms with van der Waals surface area (Å²) in [7, 11) is 1.37. The van der Waals surface area contributed by atoms with Crippen LogP contribution in [-0.2, 0) is 4.74 Å². The molecule has 39 heavy (non-hydrogen) atoms. The predicted octanol–water partition coefficient (Wildman–Crippen LogP) is 8.94. The Kier molecular flexibility index (Phi) is 10.3. The first-order valence-electron chi connectivity index (χ1n) is 14.3. The maximum absolute atomic E-state index is 12.3. The summed E-state index contributed by atoms with van der Waals surface area (Å²) >= 11 is 0. The number of fused-ring (bicyclic) bond motifs is 6. The Labute approximate surface area is 233 Å². The summed E-state index contributed by atoms with van der Waals surface area (Å²) in [6.45, 7) is 17.1. The van der Waals surface area contributed by atoms with Gasteiger partial charge in [0.1, 0.15) is 5.65 Å². The van der Waals surface area contributed by atoms with Gasteiger partial charge in [-0.1, -0.05) is 91.1 Å². The summed E-state index contributed by atoms with van der Waals surface area (Å²) in [6, 6.07) is 10.8. The van der Waals surface area contributed by atoms with Crippen molar-refractivity contribution in [2.24, 2.45) is 0 Å². The number of aryl methyl sites for hydroxylation is 2. The second kappa shape index (κ2) is 13.4. The van der Waals surface area contributed by atoms with Crippen molar-refractivity contribution >= 4 is 28.3 Å². The lowest BCUT2D eigenvalue weighted by Crippen LogP contribution is -2.04. The molecule has 5 aromatic rings. The zero-order valence-corrected chi connectivity index (χ0v) is 25.1. The van der Waals surface area contributed by atoms with Crippen molar-refractivity contribution in [3.63, 3.8) is 0 Å². The molecular weight excluding hydrogens is 484 g/mol. The van der Waals surface area contributed by atoms with Gasteiger partial charge in [0.05, 0.1) is 12.6 Å². The monoisotopic (exact) mass is 528 g/mol. The van der Waals surface area contributed by atoms with E-state index in [2.05, 4.69) is 81.3 Å². The molecule has 208 valence electrons. The van der Waals surface area contributed by atoms with Crippen molar-refractivity contribution in [1.82, 2.24) is 18.8 Å². The Bertz CT molecular complexity index is 1540. The number of hydrogen-bond donors (Lipinski definition) is 0. The van der Waals surface area contributed by atoms with Crippen LogP contribution in [0.4, 0.5) is 0 Å². The van der Waals surface area contributed by atoms with Gasteiger partial charge in [-0.3, -0.25) is 8.80 Å². The number of aromatic nitrogens is 4. The lowest BCUT2D eigenvalue weighted by Gasteiger charge is -2.19. The summed E-state index contributed by atoms with van der Waals surface area (Å²) in [4.78, 5) is 21.7. The highest BCUT2D eigenvalue weighted by molar-refractivity contribution is 6.06. The lowest BCUT2D eigenvalue weighted by atomic mass is 9.88. The number of ether oxygens (including phenoxy) is 1. The molecule has 0 aliphatic heterocycles. The van der Waals surface area contributed by atoms with E-state index in [-0.39, 0.29) is 5.69 Å². The largest absolute Gasteiger partial charge is 0.464 e. The topological polar surface area (TPSA) is 60.9 Å². The molecule has 0 aliphatic rings. The van der Waals surface area contributed by atoms with E-state index in [4.69, 9.17) is 9.72 Å². The zero-order chi connectivity index (χ0) is 28.7. The number of methoxy groups -OCH3 is 1. The molecule has 0 N–H and O–H groups in total. The number of nitrogens with zero attached hydrogens (tertiary/aromatic N) is 4. The van der Waals surface area contributed by atoms with Crippen LogP contribution in [0.3, 0.4) is 0 Å². The van der Waals surface area contributed by atoms with Crippen LogP contribution >= 0.6 is 0 Å². The molecule has 0 saturated heterocycles. The third kappa shape index (κ3) is 5.70. The van der Waals surface area contributed by atoms with Gasteiger partial charge in [0.2, 0.25) is 5.78 Å². The number of esters is 1. The molecular formula is C33H44N4O2. The molecule has 0 aliphatic carbocycles. The standard InChI is InChI=1S/C26H26N4O2.C5H12.C2H6/c1-6-15(2)18-10-11-19(21-16(3)8-7-9-17(21)4)23-22(18)24-28-20(25(31)32-5)14-30(24)26-27-12-13-29(23)26;1-3-5-4-2;1-2/h7-15H,6H2,1-5H3;3-5H2,1-2H3;1-2H3. The molecule has 0 amide bonds. The molecule has 0 spiro atoms. The van der Waals surface area contributed by atoms with E-state index in [0.29, 0.717) is 11.7 Å². The van der Waals surface area contributed by atoms with Crippen molar-refractivity contribution in [2.75, 3.05) is 7.11 Å². The number of imidazole rings is 2. The Morgan fingerprint density at radius 3 is 2.23 bits per heavy atom. The van der Waals surface area contributed by atoms with E-state index in [1.165, 1.54) is 48.6 Å². The smallest absolute Gasteiger partial charge is 0.358 e. The van der Waals surface area contributed by atoms with Gasteiger partial charge in [0.15, 0.2) is 5.69 Å². The normalized spacial score (nSPS) is 11.6. The molecule has 5 rings (SSSR count). The molecule has 3 heterocycles. The minimum absolute atomic E-state index is 0.275. The van der Waals surface area contributed by atoms with Crippen LogP contribution in [0, 0.1) is 13.8 Å². The minimum Gasteiger partial charge on any atom is -0.464 e. The van der Waals surface area contributed by atoms with Crippen molar-refractivity contribution in [1.29, 1.82) is 0 Å². The van der Waals surface area contributed by atoms with Crippen LogP contribution in [0.2, 0.25) is 0 Å². The summed E-state index contributed by atoms with van der Waals surface area (Å²) in [5.41, 5.74) is 8.05. The SMILES string of the molecule is CC.CCC(C)c1ccc(-c2c(C)cccc2C)c2c1c1nc(C(=O)OC)cn1c1nccn21.CCCCC. The number of carbonyl (C=O) groups is 1. The Morgan fingerprint density at radius 2 is 1.67 bits per heavy atom. The van der Waals surface area contributed by atoms with E-state index in [0.717, 1.165) is 28.5 Å². The number of rotatable bonds is 6. The second-order valence-electron chi connectivity index (χ2n) is 9.76. The molecule has 0 radical (unpaired) electrons. The lowest BCUT2D eigenvalue weighted by molar-refractivity contribution is 0.0595.